The van der Waals surface area contributed by atoms with Crippen molar-refractivity contribution >= 4 is 29.3 Å². The van der Waals surface area contributed by atoms with Gasteiger partial charge in [0.05, 0.1) is 16.8 Å². The van der Waals surface area contributed by atoms with Gasteiger partial charge in [0.15, 0.2) is 16.8 Å². The second-order valence-corrected chi connectivity index (χ2v) is 7.72. The molecule has 30 heavy (non-hydrogen) atoms. The van der Waals surface area contributed by atoms with E-state index in [9.17, 15) is 15.0 Å². The minimum Gasteiger partial charge on any atom is -0.508 e. The van der Waals surface area contributed by atoms with E-state index in [4.69, 9.17) is 0 Å². The number of aromatic nitrogens is 4. The van der Waals surface area contributed by atoms with Gasteiger partial charge >= 0.3 is 0 Å². The van der Waals surface area contributed by atoms with E-state index in [2.05, 4.69) is 27.8 Å². The summed E-state index contributed by atoms with van der Waals surface area (Å²) in [6.07, 6.45) is 0.577. The van der Waals surface area contributed by atoms with Gasteiger partial charge in [-0.15, -0.1) is 22.8 Å². The fourth-order valence-electron chi connectivity index (χ4n) is 3.87. The van der Waals surface area contributed by atoms with Crippen LogP contribution in [0.25, 0.3) is 28.0 Å². The number of ketones is 1. The van der Waals surface area contributed by atoms with Crippen LogP contribution in [0.4, 0.5) is 0 Å². The van der Waals surface area contributed by atoms with Crippen LogP contribution in [-0.2, 0) is 6.42 Å². The molecule has 7 nitrogen and oxygen atoms in total. The number of aromatic amines is 1. The summed E-state index contributed by atoms with van der Waals surface area (Å²) in [4.78, 5) is 16.0. The van der Waals surface area contributed by atoms with Crippen LogP contribution in [0, 0.1) is 13.8 Å². The molecule has 4 aromatic rings. The minimum absolute atomic E-state index is 0.0141. The number of fused-ring (bicyclic) bond motifs is 1. The molecule has 0 saturated heterocycles. The lowest BCUT2D eigenvalue weighted by atomic mass is 10.00. The zero-order chi connectivity index (χ0) is 21.7. The Morgan fingerprint density at radius 1 is 1.17 bits per heavy atom. The van der Waals surface area contributed by atoms with E-state index in [1.807, 2.05) is 32.9 Å². The number of H-pyrrole nitrogens is 1. The number of thiol groups is 1. The molecule has 0 aliphatic heterocycles. The summed E-state index contributed by atoms with van der Waals surface area (Å²) in [5, 5.41) is 30.0. The first-order valence-electron chi connectivity index (χ1n) is 9.57. The molecule has 0 spiro atoms. The summed E-state index contributed by atoms with van der Waals surface area (Å²) >= 11 is 4.46. The molecule has 154 valence electrons. The molecule has 0 aliphatic carbocycles. The number of hydrogen-bond acceptors (Lipinski definition) is 6. The summed E-state index contributed by atoms with van der Waals surface area (Å²) < 4.78 is 1.65. The molecule has 0 radical (unpaired) electrons. The average Bonchev–Trinajstić information content (AvgIpc) is 3.21. The highest BCUT2D eigenvalue weighted by molar-refractivity contribution is 7.80. The number of rotatable bonds is 4. The van der Waals surface area contributed by atoms with Gasteiger partial charge in [-0.2, -0.15) is 0 Å². The molecule has 0 fully saturated rings. The third-order valence-corrected chi connectivity index (χ3v) is 5.79. The van der Waals surface area contributed by atoms with Crippen LogP contribution in [0.2, 0.25) is 0 Å². The Morgan fingerprint density at radius 3 is 2.57 bits per heavy atom. The maximum atomic E-state index is 12.7. The summed E-state index contributed by atoms with van der Waals surface area (Å²) in [6, 6.07) is 6.69. The Kier molecular flexibility index (Phi) is 4.82. The van der Waals surface area contributed by atoms with E-state index in [1.54, 1.807) is 10.6 Å². The molecule has 0 saturated carbocycles. The second kappa shape index (κ2) is 7.21. The normalized spacial score (nSPS) is 11.4. The third-order valence-electron chi connectivity index (χ3n) is 5.50. The van der Waals surface area contributed by atoms with Gasteiger partial charge in [-0.3, -0.25) is 9.36 Å². The first-order chi connectivity index (χ1) is 14.2. The van der Waals surface area contributed by atoms with E-state index in [0.717, 1.165) is 22.2 Å². The number of hydrogen-bond donors (Lipinski definition) is 4. The van der Waals surface area contributed by atoms with Gasteiger partial charge in [-0.05, 0) is 56.5 Å². The molecule has 0 atom stereocenters. The van der Waals surface area contributed by atoms with Crippen LogP contribution < -0.4 is 0 Å². The van der Waals surface area contributed by atoms with Crippen molar-refractivity contribution in [2.24, 2.45) is 0 Å². The van der Waals surface area contributed by atoms with E-state index in [1.165, 1.54) is 13.0 Å². The van der Waals surface area contributed by atoms with Crippen LogP contribution in [0.5, 0.6) is 11.5 Å². The predicted molar refractivity (Wildman–Crippen MR) is 118 cm³/mol. The number of aryl methyl sites for hydroxylation is 3. The largest absolute Gasteiger partial charge is 0.508 e. The molecule has 2 aromatic heterocycles. The summed E-state index contributed by atoms with van der Waals surface area (Å²) in [6.45, 7) is 7.37. The van der Waals surface area contributed by atoms with Crippen LogP contribution in [-0.4, -0.2) is 35.7 Å². The van der Waals surface area contributed by atoms with E-state index in [-0.39, 0.29) is 22.4 Å². The highest BCUT2D eigenvalue weighted by atomic mass is 32.1. The molecule has 0 bridgehead atoms. The maximum absolute atomic E-state index is 12.7. The van der Waals surface area contributed by atoms with E-state index >= 15 is 0 Å². The lowest BCUT2D eigenvalue weighted by Crippen LogP contribution is -2.07. The highest BCUT2D eigenvalue weighted by Crippen LogP contribution is 2.38. The molecular formula is C22H22N4O3S. The van der Waals surface area contributed by atoms with Crippen molar-refractivity contribution in [2.45, 2.75) is 39.3 Å². The fourth-order valence-corrected chi connectivity index (χ4v) is 4.12. The molecule has 4 rings (SSSR count). The van der Waals surface area contributed by atoms with Crippen LogP contribution in [0.1, 0.15) is 41.0 Å². The topological polar surface area (TPSA) is 104 Å². The number of benzene rings is 2. The van der Waals surface area contributed by atoms with Crippen molar-refractivity contribution in [3.05, 3.63) is 46.6 Å². The van der Waals surface area contributed by atoms with Gasteiger partial charge in [0, 0.05) is 22.7 Å². The number of Topliss-reactive ketones (excluding diaryl/α,β-unsaturated/α-hetero) is 1. The first-order valence-corrected chi connectivity index (χ1v) is 10.0. The zero-order valence-electron chi connectivity index (χ0n) is 17.1. The van der Waals surface area contributed by atoms with Crippen molar-refractivity contribution in [3.63, 3.8) is 0 Å². The number of phenols is 2. The lowest BCUT2D eigenvalue weighted by molar-refractivity contribution is 0.101. The van der Waals surface area contributed by atoms with Gasteiger partial charge in [-0.1, -0.05) is 6.92 Å². The third kappa shape index (κ3) is 2.95. The Morgan fingerprint density at radius 2 is 1.90 bits per heavy atom. The minimum atomic E-state index is -0.134. The second-order valence-electron chi connectivity index (χ2n) is 7.32. The summed E-state index contributed by atoms with van der Waals surface area (Å²) in [7, 11) is 0. The van der Waals surface area contributed by atoms with Crippen molar-refractivity contribution in [1.29, 1.82) is 0 Å². The Labute approximate surface area is 178 Å². The number of phenolic OH excluding ortho intramolecular Hbond substituents is 2. The van der Waals surface area contributed by atoms with Crippen LogP contribution in [0.3, 0.4) is 0 Å². The Balaban J connectivity index is 2.07. The monoisotopic (exact) mass is 422 g/mol. The smallest absolute Gasteiger partial charge is 0.193 e. The molecule has 0 unspecified atom stereocenters. The van der Waals surface area contributed by atoms with E-state index in [0.29, 0.717) is 34.6 Å². The molecule has 3 N–H and O–H groups in total. The molecule has 2 aromatic carbocycles. The molecule has 0 aliphatic rings. The average molecular weight is 423 g/mol. The van der Waals surface area contributed by atoms with Crippen molar-refractivity contribution in [2.75, 3.05) is 0 Å². The van der Waals surface area contributed by atoms with Gasteiger partial charge in [0.2, 0.25) is 0 Å². The number of nitrogens with zero attached hydrogens (tertiary/aromatic N) is 3. The molecule has 0 amide bonds. The number of nitrogens with one attached hydrogen (secondary N) is 1. The van der Waals surface area contributed by atoms with Gasteiger partial charge in [-0.25, -0.2) is 0 Å². The van der Waals surface area contributed by atoms with Gasteiger partial charge in [0.25, 0.3) is 0 Å². The van der Waals surface area contributed by atoms with Crippen molar-refractivity contribution < 1.29 is 15.0 Å². The number of carbonyl (C=O) groups is 1. The zero-order valence-corrected chi connectivity index (χ0v) is 18.0. The number of carbonyl (C=O) groups excluding carboxylic acids is 1. The predicted octanol–water partition coefficient (Wildman–Crippen LogP) is 4.50. The molecular weight excluding hydrogens is 400 g/mol. The van der Waals surface area contributed by atoms with E-state index < -0.39 is 0 Å². The molecule has 8 heteroatoms. The number of aromatic hydroxyl groups is 2. The van der Waals surface area contributed by atoms with Gasteiger partial charge in [0.1, 0.15) is 11.5 Å². The van der Waals surface area contributed by atoms with Gasteiger partial charge < -0.3 is 15.2 Å². The summed E-state index contributed by atoms with van der Waals surface area (Å²) in [5.41, 5.74) is 5.02. The van der Waals surface area contributed by atoms with Crippen molar-refractivity contribution in [1.82, 2.24) is 19.7 Å². The fraction of sp³-hybridized carbons (Fsp3) is 0.227. The first kappa shape index (κ1) is 20.0. The molecule has 2 heterocycles. The summed E-state index contributed by atoms with van der Waals surface area (Å²) in [5.74, 6) is 0.110. The van der Waals surface area contributed by atoms with Crippen molar-refractivity contribution in [3.8, 4) is 28.6 Å². The van der Waals surface area contributed by atoms with Crippen LogP contribution >= 0.6 is 12.6 Å². The highest BCUT2D eigenvalue weighted by Gasteiger charge is 2.24. The lowest BCUT2D eigenvalue weighted by Gasteiger charge is -2.15. The van der Waals surface area contributed by atoms with Crippen LogP contribution in [0.15, 0.2) is 29.4 Å². The Bertz CT molecular complexity index is 1320. The quantitative estimate of drug-likeness (QED) is 0.286. The SMILES string of the molecule is CCc1cc(-c2nnc(S)n2-c2ccc3[nH]c(C)c(C)c3c2C(C)=O)c(O)cc1O. The maximum Gasteiger partial charge on any atom is 0.193 e. The Hall–Kier alpha value is -3.26. The standard InChI is InChI=1S/C22H22N4O3S/c1-5-13-8-14(18(29)9-17(13)28)21-24-25-22(30)26(21)16-7-6-15-19(20(16)12(4)27)10(2)11(3)23-15/h6-9,23,28-29H,5H2,1-4H3,(H,25,30).